The highest BCUT2D eigenvalue weighted by Crippen LogP contribution is 2.03. The van der Waals surface area contributed by atoms with Gasteiger partial charge in [0.15, 0.2) is 5.69 Å². The van der Waals surface area contributed by atoms with Crippen molar-refractivity contribution in [3.63, 3.8) is 0 Å². The molecule has 0 saturated heterocycles. The Labute approximate surface area is 95.7 Å². The van der Waals surface area contributed by atoms with Crippen LogP contribution >= 0.6 is 0 Å². The van der Waals surface area contributed by atoms with E-state index in [-0.39, 0.29) is 5.91 Å². The molecule has 0 aliphatic rings. The molecular weight excluding hydrogens is 204 g/mol. The Morgan fingerprint density at radius 2 is 2.12 bits per heavy atom. The maximum atomic E-state index is 11.8. The van der Waals surface area contributed by atoms with Gasteiger partial charge in [-0.05, 0) is 18.6 Å². The molecule has 16 heavy (non-hydrogen) atoms. The first-order valence-corrected chi connectivity index (χ1v) is 5.49. The Bertz CT molecular complexity index is 336. The third-order valence-electron chi connectivity index (χ3n) is 2.35. The Morgan fingerprint density at radius 1 is 1.38 bits per heavy atom. The third kappa shape index (κ3) is 3.49. The number of unbranched alkanes of at least 4 members (excludes halogenated alkanes) is 2. The van der Waals surface area contributed by atoms with E-state index in [0.717, 1.165) is 25.8 Å². The Hall–Kier alpha value is -1.65. The predicted octanol–water partition coefficient (Wildman–Crippen LogP) is 1.32. The zero-order chi connectivity index (χ0) is 12.0. The molecule has 5 heteroatoms. The first-order valence-electron chi connectivity index (χ1n) is 5.49. The Kier molecular flexibility index (Phi) is 4.69. The van der Waals surface area contributed by atoms with E-state index >= 15 is 0 Å². The monoisotopic (exact) mass is 222 g/mol. The van der Waals surface area contributed by atoms with Gasteiger partial charge < -0.3 is 10.6 Å². The van der Waals surface area contributed by atoms with Gasteiger partial charge in [0, 0.05) is 13.6 Å². The summed E-state index contributed by atoms with van der Waals surface area (Å²) in [5.41, 5.74) is 5.74. The van der Waals surface area contributed by atoms with Crippen LogP contribution in [-0.4, -0.2) is 34.6 Å². The largest absolute Gasteiger partial charge is 0.382 e. The number of rotatable bonds is 5. The van der Waals surface area contributed by atoms with Crippen molar-refractivity contribution in [3.8, 4) is 0 Å². The lowest BCUT2D eigenvalue weighted by atomic mass is 10.2. The maximum Gasteiger partial charge on any atom is 0.274 e. The van der Waals surface area contributed by atoms with Crippen LogP contribution in [0.15, 0.2) is 12.1 Å². The molecule has 0 fully saturated rings. The van der Waals surface area contributed by atoms with Gasteiger partial charge in [-0.15, -0.1) is 10.2 Å². The molecule has 0 spiro atoms. The molecule has 88 valence electrons. The minimum absolute atomic E-state index is 0.108. The maximum absolute atomic E-state index is 11.8. The molecule has 0 atom stereocenters. The number of anilines is 1. The van der Waals surface area contributed by atoms with Crippen LogP contribution in [0.2, 0.25) is 0 Å². The van der Waals surface area contributed by atoms with Gasteiger partial charge in [0.2, 0.25) is 0 Å². The zero-order valence-corrected chi connectivity index (χ0v) is 9.81. The predicted molar refractivity (Wildman–Crippen MR) is 62.9 cm³/mol. The molecule has 0 bridgehead atoms. The number of nitrogens with two attached hydrogens (primary N) is 1. The minimum atomic E-state index is -0.108. The van der Waals surface area contributed by atoms with Crippen LogP contribution in [0, 0.1) is 0 Å². The van der Waals surface area contributed by atoms with Gasteiger partial charge in [-0.25, -0.2) is 0 Å². The van der Waals surface area contributed by atoms with Crippen LogP contribution < -0.4 is 5.73 Å². The molecule has 1 aromatic rings. The van der Waals surface area contributed by atoms with Crippen LogP contribution in [0.25, 0.3) is 0 Å². The molecule has 1 aromatic heterocycles. The first-order chi connectivity index (χ1) is 7.65. The van der Waals surface area contributed by atoms with Crippen molar-refractivity contribution in [1.29, 1.82) is 0 Å². The molecule has 1 rings (SSSR count). The summed E-state index contributed by atoms with van der Waals surface area (Å²) >= 11 is 0. The van der Waals surface area contributed by atoms with Crippen molar-refractivity contribution >= 4 is 11.7 Å². The SMILES string of the molecule is CCCCCN(C)C(=O)c1ccc(N)nn1. The lowest BCUT2D eigenvalue weighted by Gasteiger charge is -2.15. The zero-order valence-electron chi connectivity index (χ0n) is 9.81. The average Bonchev–Trinajstić information content (AvgIpc) is 2.29. The number of carbonyl (C=O) groups excluding carboxylic acids is 1. The van der Waals surface area contributed by atoms with E-state index in [1.54, 1.807) is 24.1 Å². The number of hydrogen-bond donors (Lipinski definition) is 1. The van der Waals surface area contributed by atoms with Gasteiger partial charge in [-0.1, -0.05) is 19.8 Å². The Balaban J connectivity index is 2.53. The molecule has 0 aliphatic carbocycles. The molecule has 5 nitrogen and oxygen atoms in total. The van der Waals surface area contributed by atoms with Crippen molar-refractivity contribution in [2.75, 3.05) is 19.3 Å². The van der Waals surface area contributed by atoms with E-state index in [2.05, 4.69) is 17.1 Å². The summed E-state index contributed by atoms with van der Waals surface area (Å²) < 4.78 is 0. The fourth-order valence-electron chi connectivity index (χ4n) is 1.35. The topological polar surface area (TPSA) is 72.1 Å². The van der Waals surface area contributed by atoms with Crippen molar-refractivity contribution < 1.29 is 4.79 Å². The summed E-state index contributed by atoms with van der Waals surface area (Å²) in [6.45, 7) is 2.88. The van der Waals surface area contributed by atoms with Crippen LogP contribution in [0.4, 0.5) is 5.82 Å². The quantitative estimate of drug-likeness (QED) is 0.763. The van der Waals surface area contributed by atoms with Crippen molar-refractivity contribution in [2.24, 2.45) is 0 Å². The lowest BCUT2D eigenvalue weighted by molar-refractivity contribution is 0.0786. The van der Waals surface area contributed by atoms with Crippen molar-refractivity contribution in [1.82, 2.24) is 15.1 Å². The summed E-state index contributed by atoms with van der Waals surface area (Å²) in [5, 5.41) is 7.42. The van der Waals surface area contributed by atoms with Gasteiger partial charge in [0.05, 0.1) is 0 Å². The summed E-state index contributed by atoms with van der Waals surface area (Å²) in [4.78, 5) is 13.5. The summed E-state index contributed by atoms with van der Waals surface area (Å²) in [5.74, 6) is 0.216. The van der Waals surface area contributed by atoms with Crippen LogP contribution in [0.1, 0.15) is 36.7 Å². The second kappa shape index (κ2) is 6.05. The van der Waals surface area contributed by atoms with Crippen molar-refractivity contribution in [3.05, 3.63) is 17.8 Å². The van der Waals surface area contributed by atoms with Crippen LogP contribution in [-0.2, 0) is 0 Å². The van der Waals surface area contributed by atoms with Gasteiger partial charge in [-0.3, -0.25) is 4.79 Å². The van der Waals surface area contributed by atoms with Gasteiger partial charge >= 0.3 is 0 Å². The number of nitrogen functional groups attached to an aromatic ring is 1. The highest BCUT2D eigenvalue weighted by molar-refractivity contribution is 5.92. The highest BCUT2D eigenvalue weighted by Gasteiger charge is 2.12. The van der Waals surface area contributed by atoms with E-state index in [4.69, 9.17) is 5.73 Å². The van der Waals surface area contributed by atoms with Gasteiger partial charge in [0.25, 0.3) is 5.91 Å². The minimum Gasteiger partial charge on any atom is -0.382 e. The van der Waals surface area contributed by atoms with Crippen LogP contribution in [0.3, 0.4) is 0 Å². The summed E-state index contributed by atoms with van der Waals surface area (Å²) in [6.07, 6.45) is 3.29. The van der Waals surface area contributed by atoms with E-state index in [1.807, 2.05) is 0 Å². The van der Waals surface area contributed by atoms with E-state index in [1.165, 1.54) is 0 Å². The standard InChI is InChI=1S/C11H18N4O/c1-3-4-5-8-15(2)11(16)9-6-7-10(12)14-13-9/h6-7H,3-5,8H2,1-2H3,(H2,12,14). The number of amides is 1. The molecule has 0 unspecified atom stereocenters. The van der Waals surface area contributed by atoms with Crippen LogP contribution in [0.5, 0.6) is 0 Å². The number of hydrogen-bond acceptors (Lipinski definition) is 4. The fraction of sp³-hybridized carbons (Fsp3) is 0.545. The molecule has 0 aliphatic heterocycles. The molecule has 0 aromatic carbocycles. The fourth-order valence-corrected chi connectivity index (χ4v) is 1.35. The second-order valence-electron chi connectivity index (χ2n) is 3.78. The first kappa shape index (κ1) is 12.4. The Morgan fingerprint density at radius 3 is 2.69 bits per heavy atom. The molecule has 0 saturated carbocycles. The third-order valence-corrected chi connectivity index (χ3v) is 2.35. The summed E-state index contributed by atoms with van der Waals surface area (Å²) in [6, 6.07) is 3.18. The molecule has 2 N–H and O–H groups in total. The molecule has 1 heterocycles. The lowest BCUT2D eigenvalue weighted by Crippen LogP contribution is -2.28. The summed E-state index contributed by atoms with van der Waals surface area (Å²) in [7, 11) is 1.77. The number of carbonyl (C=O) groups is 1. The molecule has 1 amide bonds. The average molecular weight is 222 g/mol. The smallest absolute Gasteiger partial charge is 0.274 e. The van der Waals surface area contributed by atoms with Gasteiger partial charge in [0.1, 0.15) is 5.82 Å². The molecule has 0 radical (unpaired) electrons. The second-order valence-corrected chi connectivity index (χ2v) is 3.78. The number of aromatic nitrogens is 2. The van der Waals surface area contributed by atoms with Crippen molar-refractivity contribution in [2.45, 2.75) is 26.2 Å². The van der Waals surface area contributed by atoms with Gasteiger partial charge in [-0.2, -0.15) is 0 Å². The van der Waals surface area contributed by atoms with E-state index < -0.39 is 0 Å². The van der Waals surface area contributed by atoms with E-state index in [9.17, 15) is 4.79 Å². The highest BCUT2D eigenvalue weighted by atomic mass is 16.2. The molecular formula is C11H18N4O. The number of nitrogens with zero attached hydrogens (tertiary/aromatic N) is 3. The normalized spacial score (nSPS) is 10.1. The van der Waals surface area contributed by atoms with E-state index in [0.29, 0.717) is 11.5 Å².